The van der Waals surface area contributed by atoms with E-state index in [4.69, 9.17) is 4.74 Å². The molecule has 28 heavy (non-hydrogen) atoms. The highest BCUT2D eigenvalue weighted by Gasteiger charge is 2.12. The monoisotopic (exact) mass is 379 g/mol. The number of ether oxygens (including phenoxy) is 1. The third kappa shape index (κ3) is 4.56. The molecular weight excluding hydrogens is 358 g/mol. The maximum Gasteiger partial charge on any atom is 0.331 e. The lowest BCUT2D eigenvalue weighted by Gasteiger charge is -2.09. The average Bonchev–Trinajstić information content (AvgIpc) is 2.71. The molecular formula is C21H21N3O4. The fourth-order valence-electron chi connectivity index (χ4n) is 2.75. The summed E-state index contributed by atoms with van der Waals surface area (Å²) in [5.41, 5.74) is 0.534. The SMILES string of the molecule is COc1ccc(CCN=Cc2c(O)n(Cc3ccccc3)c(=O)[nH]c2=O)cc1. The number of nitrogens with zero attached hydrogens (tertiary/aromatic N) is 2. The highest BCUT2D eigenvalue weighted by atomic mass is 16.5. The van der Waals surface area contributed by atoms with Crippen molar-refractivity contribution in [3.63, 3.8) is 0 Å². The molecule has 0 unspecified atom stereocenters. The van der Waals surface area contributed by atoms with Crippen LogP contribution in [0.3, 0.4) is 0 Å². The van der Waals surface area contributed by atoms with E-state index < -0.39 is 17.1 Å². The van der Waals surface area contributed by atoms with Gasteiger partial charge in [-0.15, -0.1) is 0 Å². The molecule has 0 aliphatic rings. The first-order valence-corrected chi connectivity index (χ1v) is 8.81. The Balaban J connectivity index is 1.75. The molecule has 7 heteroatoms. The summed E-state index contributed by atoms with van der Waals surface area (Å²) in [6, 6.07) is 16.8. The molecule has 0 saturated carbocycles. The van der Waals surface area contributed by atoms with E-state index in [9.17, 15) is 14.7 Å². The van der Waals surface area contributed by atoms with Crippen LogP contribution in [0.1, 0.15) is 16.7 Å². The largest absolute Gasteiger partial charge is 0.497 e. The van der Waals surface area contributed by atoms with E-state index in [0.717, 1.165) is 21.4 Å². The highest BCUT2D eigenvalue weighted by molar-refractivity contribution is 5.81. The van der Waals surface area contributed by atoms with E-state index in [1.807, 2.05) is 54.6 Å². The van der Waals surface area contributed by atoms with E-state index in [-0.39, 0.29) is 12.1 Å². The summed E-state index contributed by atoms with van der Waals surface area (Å²) < 4.78 is 6.23. The molecule has 0 fully saturated rings. The number of rotatable bonds is 7. The molecule has 2 N–H and O–H groups in total. The number of aromatic hydroxyl groups is 1. The van der Waals surface area contributed by atoms with Gasteiger partial charge in [-0.3, -0.25) is 19.3 Å². The van der Waals surface area contributed by atoms with Crippen LogP contribution in [0.15, 0.2) is 69.2 Å². The van der Waals surface area contributed by atoms with Crippen molar-refractivity contribution >= 4 is 6.21 Å². The number of nitrogens with one attached hydrogen (secondary N) is 1. The van der Waals surface area contributed by atoms with E-state index in [1.54, 1.807) is 7.11 Å². The van der Waals surface area contributed by atoms with Gasteiger partial charge in [0.15, 0.2) is 0 Å². The van der Waals surface area contributed by atoms with Gasteiger partial charge in [0, 0.05) is 12.8 Å². The number of benzene rings is 2. The van der Waals surface area contributed by atoms with Gasteiger partial charge in [-0.2, -0.15) is 0 Å². The van der Waals surface area contributed by atoms with Gasteiger partial charge in [-0.1, -0.05) is 42.5 Å². The molecule has 0 bridgehead atoms. The van der Waals surface area contributed by atoms with Crippen molar-refractivity contribution in [1.82, 2.24) is 9.55 Å². The van der Waals surface area contributed by atoms with Gasteiger partial charge in [0.2, 0.25) is 5.88 Å². The van der Waals surface area contributed by atoms with Crippen molar-refractivity contribution in [2.45, 2.75) is 13.0 Å². The number of hydrogen-bond donors (Lipinski definition) is 2. The lowest BCUT2D eigenvalue weighted by Crippen LogP contribution is -2.32. The fraction of sp³-hybridized carbons (Fsp3) is 0.190. The summed E-state index contributed by atoms with van der Waals surface area (Å²) >= 11 is 0. The second-order valence-electron chi connectivity index (χ2n) is 6.20. The number of aliphatic imine (C=N–C) groups is 1. The molecule has 1 heterocycles. The molecule has 0 aliphatic heterocycles. The Morgan fingerprint density at radius 1 is 1.07 bits per heavy atom. The zero-order valence-electron chi connectivity index (χ0n) is 15.5. The lowest BCUT2D eigenvalue weighted by molar-refractivity contribution is 0.408. The Labute approximate surface area is 161 Å². The van der Waals surface area contributed by atoms with Crippen molar-refractivity contribution in [2.75, 3.05) is 13.7 Å². The molecule has 0 atom stereocenters. The van der Waals surface area contributed by atoms with Crippen LogP contribution in [0.25, 0.3) is 0 Å². The molecule has 0 amide bonds. The van der Waals surface area contributed by atoms with E-state index in [1.165, 1.54) is 6.21 Å². The van der Waals surface area contributed by atoms with Gasteiger partial charge in [-0.05, 0) is 29.7 Å². The molecule has 0 spiro atoms. The van der Waals surface area contributed by atoms with Crippen molar-refractivity contribution in [2.24, 2.45) is 4.99 Å². The molecule has 0 aliphatic carbocycles. The quantitative estimate of drug-likeness (QED) is 0.613. The Morgan fingerprint density at radius 2 is 1.79 bits per heavy atom. The zero-order valence-corrected chi connectivity index (χ0v) is 15.5. The zero-order chi connectivity index (χ0) is 19.9. The summed E-state index contributed by atoms with van der Waals surface area (Å²) in [5, 5.41) is 10.4. The third-order valence-electron chi connectivity index (χ3n) is 4.30. The van der Waals surface area contributed by atoms with Gasteiger partial charge in [0.25, 0.3) is 5.56 Å². The van der Waals surface area contributed by atoms with Crippen molar-refractivity contribution in [1.29, 1.82) is 0 Å². The number of methoxy groups -OCH3 is 1. The van der Waals surface area contributed by atoms with E-state index in [2.05, 4.69) is 9.98 Å². The van der Waals surface area contributed by atoms with Gasteiger partial charge in [-0.25, -0.2) is 4.79 Å². The van der Waals surface area contributed by atoms with E-state index >= 15 is 0 Å². The fourth-order valence-corrected chi connectivity index (χ4v) is 2.75. The van der Waals surface area contributed by atoms with Gasteiger partial charge in [0.1, 0.15) is 11.3 Å². The predicted octanol–water partition coefficient (Wildman–Crippen LogP) is 1.96. The smallest absolute Gasteiger partial charge is 0.331 e. The minimum atomic E-state index is -0.667. The molecule has 1 aromatic heterocycles. The average molecular weight is 379 g/mol. The Hall–Kier alpha value is -3.61. The lowest BCUT2D eigenvalue weighted by atomic mass is 10.1. The molecule has 3 rings (SSSR count). The van der Waals surface area contributed by atoms with Crippen LogP contribution >= 0.6 is 0 Å². The van der Waals surface area contributed by atoms with Crippen LogP contribution in [0, 0.1) is 0 Å². The molecule has 0 saturated heterocycles. The molecule has 7 nitrogen and oxygen atoms in total. The summed E-state index contributed by atoms with van der Waals surface area (Å²) in [6.07, 6.45) is 1.97. The summed E-state index contributed by atoms with van der Waals surface area (Å²) in [5.74, 6) is 0.384. The predicted molar refractivity (Wildman–Crippen MR) is 108 cm³/mol. The van der Waals surface area contributed by atoms with Crippen LogP contribution in [0.2, 0.25) is 0 Å². The normalized spacial score (nSPS) is 11.0. The van der Waals surface area contributed by atoms with Crippen LogP contribution < -0.4 is 16.0 Å². The Morgan fingerprint density at radius 3 is 2.46 bits per heavy atom. The number of aromatic nitrogens is 2. The second-order valence-corrected chi connectivity index (χ2v) is 6.20. The van der Waals surface area contributed by atoms with E-state index in [0.29, 0.717) is 13.0 Å². The van der Waals surface area contributed by atoms with Crippen molar-refractivity contribution in [3.8, 4) is 11.6 Å². The van der Waals surface area contributed by atoms with Crippen LogP contribution in [-0.4, -0.2) is 34.5 Å². The number of hydrogen-bond acceptors (Lipinski definition) is 5. The van der Waals surface area contributed by atoms with Gasteiger partial charge in [0.05, 0.1) is 13.7 Å². The molecule has 0 radical (unpaired) electrons. The van der Waals surface area contributed by atoms with Crippen molar-refractivity contribution in [3.05, 3.63) is 92.1 Å². The molecule has 3 aromatic rings. The maximum atomic E-state index is 12.1. The third-order valence-corrected chi connectivity index (χ3v) is 4.30. The Kier molecular flexibility index (Phi) is 6.06. The highest BCUT2D eigenvalue weighted by Crippen LogP contribution is 2.13. The summed E-state index contributed by atoms with van der Waals surface area (Å²) in [7, 11) is 1.61. The Bertz CT molecular complexity index is 1070. The van der Waals surface area contributed by atoms with Crippen LogP contribution in [0.5, 0.6) is 11.6 Å². The van der Waals surface area contributed by atoms with Gasteiger partial charge >= 0.3 is 5.69 Å². The van der Waals surface area contributed by atoms with Crippen LogP contribution in [-0.2, 0) is 13.0 Å². The molecule has 144 valence electrons. The topological polar surface area (TPSA) is 96.7 Å². The first-order chi connectivity index (χ1) is 13.6. The van der Waals surface area contributed by atoms with Crippen molar-refractivity contribution < 1.29 is 9.84 Å². The minimum Gasteiger partial charge on any atom is -0.497 e. The molecule has 2 aromatic carbocycles. The van der Waals surface area contributed by atoms with Crippen LogP contribution in [0.4, 0.5) is 0 Å². The first-order valence-electron chi connectivity index (χ1n) is 8.81. The number of aromatic amines is 1. The minimum absolute atomic E-state index is 0.0368. The summed E-state index contributed by atoms with van der Waals surface area (Å²) in [6.45, 7) is 0.581. The van der Waals surface area contributed by atoms with Gasteiger partial charge < -0.3 is 9.84 Å². The standard InChI is InChI=1S/C21H21N3O4/c1-28-17-9-7-15(8-10-17)11-12-22-13-18-19(25)23-21(27)24(20(18)26)14-16-5-3-2-4-6-16/h2-10,13,26H,11-12,14H2,1H3,(H,23,25,27). The second kappa shape index (κ2) is 8.85. The first kappa shape index (κ1) is 19.2. The maximum absolute atomic E-state index is 12.1. The number of H-pyrrole nitrogens is 1. The summed E-state index contributed by atoms with van der Waals surface area (Å²) in [4.78, 5) is 30.6.